The molecule has 0 bridgehead atoms. The number of halogens is 1. The Morgan fingerprint density at radius 1 is 1.20 bits per heavy atom. The maximum Gasteiger partial charge on any atom is 0.230 e. The molecule has 0 spiro atoms. The van der Waals surface area contributed by atoms with Crippen molar-refractivity contribution in [3.63, 3.8) is 0 Å². The fraction of sp³-hybridized carbons (Fsp3) is 0.211. The lowest BCUT2D eigenvalue weighted by molar-refractivity contribution is -0.115. The summed E-state index contributed by atoms with van der Waals surface area (Å²) < 4.78 is 0. The Morgan fingerprint density at radius 3 is 2.76 bits per heavy atom. The highest BCUT2D eigenvalue weighted by Crippen LogP contribution is 2.20. The van der Waals surface area contributed by atoms with Gasteiger partial charge in [-0.3, -0.25) is 9.78 Å². The fourth-order valence-electron chi connectivity index (χ4n) is 2.47. The molecule has 0 saturated heterocycles. The van der Waals surface area contributed by atoms with Crippen LogP contribution in [0.1, 0.15) is 21.8 Å². The zero-order chi connectivity index (χ0) is 17.6. The smallest absolute Gasteiger partial charge is 0.230 e. The average molecular weight is 372 g/mol. The van der Waals surface area contributed by atoms with Crippen molar-refractivity contribution in [3.8, 4) is 0 Å². The second kappa shape index (κ2) is 8.23. The summed E-state index contributed by atoms with van der Waals surface area (Å²) in [5.74, 6) is -0.0728. The van der Waals surface area contributed by atoms with Crippen molar-refractivity contribution in [3.05, 3.63) is 75.0 Å². The molecule has 3 aromatic rings. The lowest BCUT2D eigenvalue weighted by atomic mass is 10.1. The van der Waals surface area contributed by atoms with Gasteiger partial charge in [-0.25, -0.2) is 4.98 Å². The van der Waals surface area contributed by atoms with Crippen LogP contribution in [0.4, 0.5) is 5.69 Å². The number of thiazole rings is 1. The molecule has 25 heavy (non-hydrogen) atoms. The number of amides is 1. The maximum atomic E-state index is 12.2. The van der Waals surface area contributed by atoms with Crippen LogP contribution < -0.4 is 5.32 Å². The van der Waals surface area contributed by atoms with Gasteiger partial charge in [0.15, 0.2) is 0 Å². The summed E-state index contributed by atoms with van der Waals surface area (Å²) >= 11 is 7.53. The molecule has 6 heteroatoms. The van der Waals surface area contributed by atoms with Gasteiger partial charge in [0.25, 0.3) is 0 Å². The third kappa shape index (κ3) is 5.11. The minimum atomic E-state index is -0.0728. The van der Waals surface area contributed by atoms with E-state index >= 15 is 0 Å². The molecule has 128 valence electrons. The average Bonchev–Trinajstić information content (AvgIpc) is 3.04. The van der Waals surface area contributed by atoms with Crippen molar-refractivity contribution >= 4 is 34.5 Å². The standard InChI is InChI=1S/C19H18ClN3OS/c1-13-10-15(20)3-4-17(13)23-18(24)11-16-12-25-19(22-16)5-2-14-6-8-21-9-7-14/h3-4,6-10,12H,2,5,11H2,1H3,(H,23,24). The molecular weight excluding hydrogens is 354 g/mol. The van der Waals surface area contributed by atoms with E-state index in [0.717, 1.165) is 34.8 Å². The van der Waals surface area contributed by atoms with Crippen LogP contribution in [0, 0.1) is 6.92 Å². The van der Waals surface area contributed by atoms with Crippen molar-refractivity contribution in [2.24, 2.45) is 0 Å². The first-order valence-electron chi connectivity index (χ1n) is 7.98. The highest BCUT2D eigenvalue weighted by atomic mass is 35.5. The normalized spacial score (nSPS) is 10.6. The highest BCUT2D eigenvalue weighted by molar-refractivity contribution is 7.09. The summed E-state index contributed by atoms with van der Waals surface area (Å²) in [4.78, 5) is 20.8. The Labute approximate surface area is 155 Å². The van der Waals surface area contributed by atoms with E-state index in [9.17, 15) is 4.79 Å². The van der Waals surface area contributed by atoms with Gasteiger partial charge in [-0.1, -0.05) is 11.6 Å². The highest BCUT2D eigenvalue weighted by Gasteiger charge is 2.10. The Bertz CT molecular complexity index is 864. The molecule has 0 aliphatic rings. The van der Waals surface area contributed by atoms with Crippen molar-refractivity contribution in [1.82, 2.24) is 9.97 Å². The van der Waals surface area contributed by atoms with Gasteiger partial charge in [-0.15, -0.1) is 11.3 Å². The zero-order valence-corrected chi connectivity index (χ0v) is 15.4. The van der Waals surface area contributed by atoms with E-state index in [1.54, 1.807) is 29.8 Å². The molecule has 2 aromatic heterocycles. The number of anilines is 1. The number of aromatic nitrogens is 2. The SMILES string of the molecule is Cc1cc(Cl)ccc1NC(=O)Cc1csc(CCc2ccncc2)n1. The predicted molar refractivity (Wildman–Crippen MR) is 102 cm³/mol. The molecule has 3 rings (SSSR count). The second-order valence-electron chi connectivity index (χ2n) is 5.77. The van der Waals surface area contributed by atoms with Gasteiger partial charge in [-0.05, 0) is 54.8 Å². The maximum absolute atomic E-state index is 12.2. The van der Waals surface area contributed by atoms with Crippen LogP contribution in [0.5, 0.6) is 0 Å². The zero-order valence-electron chi connectivity index (χ0n) is 13.8. The van der Waals surface area contributed by atoms with E-state index in [1.807, 2.05) is 36.6 Å². The molecular formula is C19H18ClN3OS. The molecule has 0 aliphatic heterocycles. The van der Waals surface area contributed by atoms with E-state index in [2.05, 4.69) is 15.3 Å². The molecule has 0 atom stereocenters. The number of hydrogen-bond acceptors (Lipinski definition) is 4. The van der Waals surface area contributed by atoms with Gasteiger partial charge in [0.05, 0.1) is 17.1 Å². The summed E-state index contributed by atoms with van der Waals surface area (Å²) in [7, 11) is 0. The van der Waals surface area contributed by atoms with Crippen LogP contribution in [0.3, 0.4) is 0 Å². The number of benzene rings is 1. The summed E-state index contributed by atoms with van der Waals surface area (Å²) in [6.07, 6.45) is 5.66. The molecule has 0 fully saturated rings. The van der Waals surface area contributed by atoms with Gasteiger partial charge in [0.2, 0.25) is 5.91 Å². The molecule has 1 aromatic carbocycles. The molecule has 0 aliphatic carbocycles. The minimum Gasteiger partial charge on any atom is -0.326 e. The second-order valence-corrected chi connectivity index (χ2v) is 7.15. The van der Waals surface area contributed by atoms with Crippen LogP contribution in [0.15, 0.2) is 48.1 Å². The van der Waals surface area contributed by atoms with Gasteiger partial charge >= 0.3 is 0 Å². The number of aryl methyl sites for hydroxylation is 3. The first kappa shape index (κ1) is 17.6. The molecule has 0 saturated carbocycles. The van der Waals surface area contributed by atoms with Crippen molar-refractivity contribution in [1.29, 1.82) is 0 Å². The van der Waals surface area contributed by atoms with Crippen LogP contribution >= 0.6 is 22.9 Å². The monoisotopic (exact) mass is 371 g/mol. The minimum absolute atomic E-state index is 0.0728. The fourth-order valence-corrected chi connectivity index (χ4v) is 3.50. The summed E-state index contributed by atoms with van der Waals surface area (Å²) in [5, 5.41) is 6.57. The first-order chi connectivity index (χ1) is 12.1. The van der Waals surface area contributed by atoms with E-state index in [-0.39, 0.29) is 12.3 Å². The predicted octanol–water partition coefficient (Wildman–Crippen LogP) is 4.47. The molecule has 1 amide bonds. The van der Waals surface area contributed by atoms with Gasteiger partial charge in [-0.2, -0.15) is 0 Å². The number of rotatable bonds is 6. The van der Waals surface area contributed by atoms with E-state index in [1.165, 1.54) is 5.56 Å². The molecule has 4 nitrogen and oxygen atoms in total. The van der Waals surface area contributed by atoms with E-state index in [4.69, 9.17) is 11.6 Å². The van der Waals surface area contributed by atoms with Crippen LogP contribution in [-0.2, 0) is 24.1 Å². The van der Waals surface area contributed by atoms with Gasteiger partial charge in [0.1, 0.15) is 0 Å². The first-order valence-corrected chi connectivity index (χ1v) is 9.24. The molecule has 0 unspecified atom stereocenters. The molecule has 0 radical (unpaired) electrons. The summed E-state index contributed by atoms with van der Waals surface area (Å²) in [5.41, 5.74) is 3.77. The van der Waals surface area contributed by atoms with Gasteiger partial charge < -0.3 is 5.32 Å². The largest absolute Gasteiger partial charge is 0.326 e. The van der Waals surface area contributed by atoms with Crippen molar-refractivity contribution in [2.75, 3.05) is 5.32 Å². The number of nitrogens with one attached hydrogen (secondary N) is 1. The number of carbonyl (C=O) groups excluding carboxylic acids is 1. The van der Waals surface area contributed by atoms with Crippen molar-refractivity contribution < 1.29 is 4.79 Å². The number of carbonyl (C=O) groups is 1. The third-order valence-electron chi connectivity index (χ3n) is 3.78. The van der Waals surface area contributed by atoms with Crippen LogP contribution in [-0.4, -0.2) is 15.9 Å². The number of hydrogen-bond donors (Lipinski definition) is 1. The number of nitrogens with zero attached hydrogens (tertiary/aromatic N) is 2. The summed E-state index contributed by atoms with van der Waals surface area (Å²) in [6.45, 7) is 1.92. The van der Waals surface area contributed by atoms with E-state index < -0.39 is 0 Å². The van der Waals surface area contributed by atoms with Crippen molar-refractivity contribution in [2.45, 2.75) is 26.2 Å². The lowest BCUT2D eigenvalue weighted by Crippen LogP contribution is -2.15. The Hall–Kier alpha value is -2.24. The Balaban J connectivity index is 1.54. The number of pyridine rings is 1. The lowest BCUT2D eigenvalue weighted by Gasteiger charge is -2.07. The quantitative estimate of drug-likeness (QED) is 0.695. The van der Waals surface area contributed by atoms with E-state index in [0.29, 0.717) is 5.02 Å². The molecule has 1 N–H and O–H groups in total. The van der Waals surface area contributed by atoms with Gasteiger partial charge in [0, 0.05) is 34.9 Å². The van der Waals surface area contributed by atoms with Crippen LogP contribution in [0.2, 0.25) is 5.02 Å². The van der Waals surface area contributed by atoms with Crippen LogP contribution in [0.25, 0.3) is 0 Å². The topological polar surface area (TPSA) is 54.9 Å². The third-order valence-corrected chi connectivity index (χ3v) is 4.97. The Kier molecular flexibility index (Phi) is 5.79. The molecule has 2 heterocycles. The summed E-state index contributed by atoms with van der Waals surface area (Å²) in [6, 6.07) is 9.44. The Morgan fingerprint density at radius 2 is 2.00 bits per heavy atom.